The number of benzene rings is 1. The molecule has 0 radical (unpaired) electrons. The number of hydrogen-bond donors (Lipinski definition) is 2. The topological polar surface area (TPSA) is 58.1 Å². The molecule has 2 unspecified atom stereocenters. The van der Waals surface area contributed by atoms with E-state index in [-0.39, 0.29) is 0 Å². The molecule has 1 aromatic rings. The molecule has 158 valence electrons. The monoisotopic (exact) mass is 390 g/mol. The highest BCUT2D eigenvalue weighted by atomic mass is 16.5. The van der Waals surface area contributed by atoms with Gasteiger partial charge in [-0.05, 0) is 43.7 Å². The van der Waals surface area contributed by atoms with Gasteiger partial charge in [0.05, 0.1) is 18.9 Å². The van der Waals surface area contributed by atoms with Gasteiger partial charge >= 0.3 is 0 Å². The Morgan fingerprint density at radius 2 is 2.07 bits per heavy atom. The van der Waals surface area contributed by atoms with Gasteiger partial charge in [-0.2, -0.15) is 0 Å². The van der Waals surface area contributed by atoms with Crippen LogP contribution in [0.25, 0.3) is 0 Å². The van der Waals surface area contributed by atoms with Crippen LogP contribution in [0.15, 0.2) is 29.3 Å². The van der Waals surface area contributed by atoms with Gasteiger partial charge < -0.3 is 25.0 Å². The lowest BCUT2D eigenvalue weighted by molar-refractivity contribution is 0.0258. The van der Waals surface area contributed by atoms with Gasteiger partial charge in [-0.1, -0.05) is 26.0 Å². The molecule has 0 spiro atoms. The van der Waals surface area contributed by atoms with Crippen molar-refractivity contribution in [1.29, 1.82) is 0 Å². The Hall–Kier alpha value is -1.95. The summed E-state index contributed by atoms with van der Waals surface area (Å²) < 4.78 is 11.3. The largest absolute Gasteiger partial charge is 0.495 e. The molecule has 1 fully saturated rings. The zero-order valence-electron chi connectivity index (χ0n) is 18.2. The second kappa shape index (κ2) is 11.8. The molecule has 6 nitrogen and oxygen atoms in total. The minimum absolute atomic E-state index is 0.292. The lowest BCUT2D eigenvalue weighted by atomic mass is 10.0. The molecule has 0 amide bonds. The zero-order chi connectivity index (χ0) is 20.4. The number of anilines is 1. The molecule has 1 aliphatic heterocycles. The van der Waals surface area contributed by atoms with Gasteiger partial charge in [0.15, 0.2) is 5.96 Å². The highest BCUT2D eigenvalue weighted by Gasteiger charge is 2.24. The fourth-order valence-corrected chi connectivity index (χ4v) is 3.73. The Morgan fingerprint density at radius 1 is 1.29 bits per heavy atom. The van der Waals surface area contributed by atoms with Crippen LogP contribution in [0.2, 0.25) is 0 Å². The number of aliphatic imine (C=N–C) groups is 1. The maximum atomic E-state index is 5.82. The van der Waals surface area contributed by atoms with Crippen molar-refractivity contribution >= 4 is 11.6 Å². The summed E-state index contributed by atoms with van der Waals surface area (Å²) in [7, 11) is 3.56. The molecule has 0 bridgehead atoms. The Morgan fingerprint density at radius 3 is 2.75 bits per heavy atom. The molecule has 0 aliphatic carbocycles. The molecule has 6 heteroatoms. The standard InChI is InChI=1S/C22H38N4O2/c1-6-28-20(17(2)3)11-13-24-22(23-4)25-15-18-12-14-26(16-18)19-9-7-8-10-21(19)27-5/h7-10,17-18,20H,6,11-16H2,1-5H3,(H2,23,24,25). The summed E-state index contributed by atoms with van der Waals surface area (Å²) in [4.78, 5) is 6.77. The van der Waals surface area contributed by atoms with E-state index in [9.17, 15) is 0 Å². The van der Waals surface area contributed by atoms with Gasteiger partial charge in [0.1, 0.15) is 5.75 Å². The van der Waals surface area contributed by atoms with Crippen molar-refractivity contribution in [2.75, 3.05) is 51.8 Å². The second-order valence-electron chi connectivity index (χ2n) is 7.68. The van der Waals surface area contributed by atoms with Gasteiger partial charge in [0.25, 0.3) is 0 Å². The highest BCUT2D eigenvalue weighted by molar-refractivity contribution is 5.79. The molecule has 2 rings (SSSR count). The summed E-state index contributed by atoms with van der Waals surface area (Å²) in [5, 5.41) is 6.91. The Labute approximate surface area is 170 Å². The molecular formula is C22H38N4O2. The number of nitrogens with one attached hydrogen (secondary N) is 2. The van der Waals surface area contributed by atoms with Gasteiger partial charge in [-0.15, -0.1) is 0 Å². The van der Waals surface area contributed by atoms with E-state index in [0.717, 1.165) is 50.9 Å². The highest BCUT2D eigenvalue weighted by Crippen LogP contribution is 2.31. The summed E-state index contributed by atoms with van der Waals surface area (Å²) in [5.41, 5.74) is 1.19. The normalized spacial score (nSPS) is 18.4. The summed E-state index contributed by atoms with van der Waals surface area (Å²) in [5.74, 6) is 2.93. The summed E-state index contributed by atoms with van der Waals surface area (Å²) >= 11 is 0. The third-order valence-corrected chi connectivity index (χ3v) is 5.34. The smallest absolute Gasteiger partial charge is 0.190 e. The first kappa shape index (κ1) is 22.3. The van der Waals surface area contributed by atoms with E-state index in [2.05, 4.69) is 53.4 Å². The van der Waals surface area contributed by atoms with Crippen molar-refractivity contribution in [3.63, 3.8) is 0 Å². The number of methoxy groups -OCH3 is 1. The van der Waals surface area contributed by atoms with Crippen LogP contribution in [-0.2, 0) is 4.74 Å². The Kier molecular flexibility index (Phi) is 9.41. The molecule has 0 saturated carbocycles. The molecule has 0 aromatic heterocycles. The third kappa shape index (κ3) is 6.59. The fourth-order valence-electron chi connectivity index (χ4n) is 3.73. The molecule has 1 saturated heterocycles. The Bertz CT molecular complexity index is 606. The van der Waals surface area contributed by atoms with Gasteiger partial charge in [-0.25, -0.2) is 0 Å². The molecule has 1 heterocycles. The number of nitrogens with zero attached hydrogens (tertiary/aromatic N) is 2. The van der Waals surface area contributed by atoms with Crippen molar-refractivity contribution in [3.05, 3.63) is 24.3 Å². The maximum absolute atomic E-state index is 5.82. The van der Waals surface area contributed by atoms with E-state index in [0.29, 0.717) is 17.9 Å². The first-order chi connectivity index (χ1) is 13.6. The third-order valence-electron chi connectivity index (χ3n) is 5.34. The van der Waals surface area contributed by atoms with Crippen molar-refractivity contribution in [2.45, 2.75) is 39.7 Å². The second-order valence-corrected chi connectivity index (χ2v) is 7.68. The summed E-state index contributed by atoms with van der Waals surface area (Å²) in [6, 6.07) is 8.25. The van der Waals surface area contributed by atoms with Crippen molar-refractivity contribution < 1.29 is 9.47 Å². The molecule has 2 N–H and O–H groups in total. The minimum atomic E-state index is 0.292. The van der Waals surface area contributed by atoms with Gasteiger partial charge in [-0.3, -0.25) is 4.99 Å². The van der Waals surface area contributed by atoms with E-state index in [4.69, 9.17) is 9.47 Å². The first-order valence-corrected chi connectivity index (χ1v) is 10.5. The zero-order valence-corrected chi connectivity index (χ0v) is 18.2. The lowest BCUT2D eigenvalue weighted by Crippen LogP contribution is -2.41. The Balaban J connectivity index is 1.75. The van der Waals surface area contributed by atoms with Crippen molar-refractivity contribution in [2.24, 2.45) is 16.8 Å². The molecule has 1 aliphatic rings. The van der Waals surface area contributed by atoms with Crippen molar-refractivity contribution in [3.8, 4) is 5.75 Å². The van der Waals surface area contributed by atoms with Crippen LogP contribution >= 0.6 is 0 Å². The molecule has 2 atom stereocenters. The van der Waals surface area contributed by atoms with E-state index in [1.54, 1.807) is 7.11 Å². The lowest BCUT2D eigenvalue weighted by Gasteiger charge is -2.22. The number of ether oxygens (including phenoxy) is 2. The summed E-state index contributed by atoms with van der Waals surface area (Å²) in [6.45, 7) is 11.1. The van der Waals surface area contributed by atoms with Crippen LogP contribution in [-0.4, -0.2) is 59.0 Å². The predicted octanol–water partition coefficient (Wildman–Crippen LogP) is 3.14. The van der Waals surface area contributed by atoms with E-state index < -0.39 is 0 Å². The van der Waals surface area contributed by atoms with Crippen LogP contribution < -0.4 is 20.3 Å². The molecule has 28 heavy (non-hydrogen) atoms. The van der Waals surface area contributed by atoms with Crippen LogP contribution in [0.1, 0.15) is 33.6 Å². The number of guanidine groups is 1. The molecular weight excluding hydrogens is 352 g/mol. The first-order valence-electron chi connectivity index (χ1n) is 10.5. The van der Waals surface area contributed by atoms with Crippen molar-refractivity contribution in [1.82, 2.24) is 10.6 Å². The van der Waals surface area contributed by atoms with Crippen LogP contribution in [0.5, 0.6) is 5.75 Å². The van der Waals surface area contributed by atoms with Crippen LogP contribution in [0.4, 0.5) is 5.69 Å². The number of rotatable bonds is 10. The van der Waals surface area contributed by atoms with Gasteiger partial charge in [0.2, 0.25) is 0 Å². The number of hydrogen-bond acceptors (Lipinski definition) is 4. The van der Waals surface area contributed by atoms with E-state index in [1.807, 2.05) is 19.2 Å². The number of para-hydroxylation sites is 2. The van der Waals surface area contributed by atoms with Crippen LogP contribution in [0, 0.1) is 11.8 Å². The maximum Gasteiger partial charge on any atom is 0.190 e. The molecule has 1 aromatic carbocycles. The average Bonchev–Trinajstić information content (AvgIpc) is 3.18. The fraction of sp³-hybridized carbons (Fsp3) is 0.682. The SMILES string of the molecule is CCOC(CCNC(=NC)NCC1CCN(c2ccccc2OC)C1)C(C)C. The van der Waals surface area contributed by atoms with E-state index >= 15 is 0 Å². The van der Waals surface area contributed by atoms with Gasteiger partial charge in [0, 0.05) is 39.8 Å². The summed E-state index contributed by atoms with van der Waals surface area (Å²) in [6.07, 6.45) is 2.44. The quantitative estimate of drug-likeness (QED) is 0.475. The predicted molar refractivity (Wildman–Crippen MR) is 118 cm³/mol. The average molecular weight is 391 g/mol. The van der Waals surface area contributed by atoms with Crippen LogP contribution in [0.3, 0.4) is 0 Å². The van der Waals surface area contributed by atoms with E-state index in [1.165, 1.54) is 12.1 Å². The minimum Gasteiger partial charge on any atom is -0.495 e.